The summed E-state index contributed by atoms with van der Waals surface area (Å²) in [5, 5.41) is 0. The third kappa shape index (κ3) is 3.51. The second kappa shape index (κ2) is 6.84. The van der Waals surface area contributed by atoms with Crippen molar-refractivity contribution in [2.75, 3.05) is 13.2 Å². The molecular weight excluding hydrogens is 316 g/mol. The molecule has 1 N–H and O–H groups in total. The van der Waals surface area contributed by atoms with Crippen LogP contribution in [0.2, 0.25) is 0 Å². The fourth-order valence-corrected chi connectivity index (χ4v) is 3.23. The molecular formula is C20H24N2O3. The molecule has 1 fully saturated rings. The van der Waals surface area contributed by atoms with E-state index in [0.29, 0.717) is 13.2 Å². The number of aromatic nitrogens is 1. The molecule has 3 rings (SSSR count). The number of nitrogens with zero attached hydrogens (tertiary/aromatic N) is 1. The predicted octanol–water partition coefficient (Wildman–Crippen LogP) is 2.90. The summed E-state index contributed by atoms with van der Waals surface area (Å²) in [6.07, 6.45) is -0.176. The van der Waals surface area contributed by atoms with E-state index >= 15 is 0 Å². The van der Waals surface area contributed by atoms with Gasteiger partial charge < -0.3 is 14.6 Å². The lowest BCUT2D eigenvalue weighted by atomic mass is 9.98. The van der Waals surface area contributed by atoms with Crippen LogP contribution in [0.25, 0.3) is 0 Å². The zero-order valence-electron chi connectivity index (χ0n) is 15.1. The summed E-state index contributed by atoms with van der Waals surface area (Å²) >= 11 is 0. The van der Waals surface area contributed by atoms with E-state index in [1.807, 2.05) is 20.8 Å². The first-order chi connectivity index (χ1) is 11.9. The van der Waals surface area contributed by atoms with E-state index < -0.39 is 0 Å². The number of rotatable bonds is 2. The molecule has 132 valence electrons. The van der Waals surface area contributed by atoms with Crippen molar-refractivity contribution in [1.29, 1.82) is 0 Å². The number of hydrogen-bond acceptors (Lipinski definition) is 3. The summed E-state index contributed by atoms with van der Waals surface area (Å²) in [7, 11) is 0. The smallest absolute Gasteiger partial charge is 0.260 e. The van der Waals surface area contributed by atoms with Crippen LogP contribution in [0.15, 0.2) is 35.1 Å². The topological polar surface area (TPSA) is 62.4 Å². The first kappa shape index (κ1) is 17.4. The highest BCUT2D eigenvalue weighted by Gasteiger charge is 2.32. The maximum Gasteiger partial charge on any atom is 0.260 e. The van der Waals surface area contributed by atoms with Gasteiger partial charge in [0.2, 0.25) is 0 Å². The van der Waals surface area contributed by atoms with E-state index in [4.69, 9.17) is 4.74 Å². The van der Waals surface area contributed by atoms with Crippen molar-refractivity contribution in [1.82, 2.24) is 9.88 Å². The second-order valence-corrected chi connectivity index (χ2v) is 6.87. The second-order valence-electron chi connectivity index (χ2n) is 6.87. The molecule has 2 atom stereocenters. The Morgan fingerprint density at radius 2 is 1.96 bits per heavy atom. The lowest BCUT2D eigenvalue weighted by Gasteiger charge is -2.38. The first-order valence-electron chi connectivity index (χ1n) is 8.56. The van der Waals surface area contributed by atoms with Gasteiger partial charge in [0.05, 0.1) is 19.2 Å². The molecule has 25 heavy (non-hydrogen) atoms. The first-order valence-corrected chi connectivity index (χ1v) is 8.56. The van der Waals surface area contributed by atoms with Crippen LogP contribution in [0.3, 0.4) is 0 Å². The highest BCUT2D eigenvalue weighted by Crippen LogP contribution is 2.28. The van der Waals surface area contributed by atoms with Crippen molar-refractivity contribution >= 4 is 5.91 Å². The van der Waals surface area contributed by atoms with Gasteiger partial charge in [0.25, 0.3) is 11.5 Å². The molecule has 1 amide bonds. The van der Waals surface area contributed by atoms with E-state index in [1.54, 1.807) is 24.0 Å². The quantitative estimate of drug-likeness (QED) is 0.914. The summed E-state index contributed by atoms with van der Waals surface area (Å²) in [5.41, 5.74) is 3.99. The van der Waals surface area contributed by atoms with Crippen LogP contribution in [0.1, 0.15) is 45.8 Å². The maximum atomic E-state index is 12.9. The van der Waals surface area contributed by atoms with Gasteiger partial charge in [0.1, 0.15) is 11.7 Å². The molecule has 0 bridgehead atoms. The molecule has 0 spiro atoms. The predicted molar refractivity (Wildman–Crippen MR) is 96.9 cm³/mol. The van der Waals surface area contributed by atoms with Crippen LogP contribution >= 0.6 is 0 Å². The minimum Gasteiger partial charge on any atom is -0.370 e. The largest absolute Gasteiger partial charge is 0.370 e. The third-order valence-electron chi connectivity index (χ3n) is 4.76. The van der Waals surface area contributed by atoms with Crippen molar-refractivity contribution in [2.45, 2.75) is 39.8 Å². The van der Waals surface area contributed by atoms with Gasteiger partial charge in [0, 0.05) is 5.69 Å². The lowest BCUT2D eigenvalue weighted by molar-refractivity contribution is -0.0489. The van der Waals surface area contributed by atoms with Gasteiger partial charge in [-0.05, 0) is 51.0 Å². The minimum absolute atomic E-state index is 0.0745. The van der Waals surface area contributed by atoms with Gasteiger partial charge in [-0.3, -0.25) is 9.59 Å². The van der Waals surface area contributed by atoms with Crippen molar-refractivity contribution in [3.8, 4) is 0 Å². The number of nitrogens with one attached hydrogen (secondary N) is 1. The number of aryl methyl sites for hydroxylation is 3. The Hall–Kier alpha value is -2.40. The molecule has 0 unspecified atom stereocenters. The summed E-state index contributed by atoms with van der Waals surface area (Å²) < 4.78 is 6.00. The zero-order valence-corrected chi connectivity index (χ0v) is 15.1. The number of aromatic amines is 1. The Kier molecular flexibility index (Phi) is 4.77. The normalized spacial score (nSPS) is 20.6. The van der Waals surface area contributed by atoms with Crippen LogP contribution < -0.4 is 5.56 Å². The lowest BCUT2D eigenvalue weighted by Crippen LogP contribution is -2.49. The van der Waals surface area contributed by atoms with Gasteiger partial charge in [-0.15, -0.1) is 0 Å². The van der Waals surface area contributed by atoms with Gasteiger partial charge in [-0.2, -0.15) is 0 Å². The zero-order chi connectivity index (χ0) is 18.1. The van der Waals surface area contributed by atoms with Gasteiger partial charge in [-0.25, -0.2) is 0 Å². The average Bonchev–Trinajstić information content (AvgIpc) is 2.57. The van der Waals surface area contributed by atoms with Gasteiger partial charge in [0.15, 0.2) is 0 Å². The number of amides is 1. The highest BCUT2D eigenvalue weighted by molar-refractivity contribution is 5.94. The third-order valence-corrected chi connectivity index (χ3v) is 4.76. The van der Waals surface area contributed by atoms with E-state index in [-0.39, 0.29) is 29.2 Å². The Morgan fingerprint density at radius 1 is 1.20 bits per heavy atom. The average molecular weight is 340 g/mol. The number of morpholine rings is 1. The van der Waals surface area contributed by atoms with E-state index in [1.165, 1.54) is 0 Å². The molecule has 2 heterocycles. The molecule has 0 aliphatic carbocycles. The molecule has 1 aromatic carbocycles. The van der Waals surface area contributed by atoms with Crippen LogP contribution in [0.4, 0.5) is 0 Å². The molecule has 5 nitrogen and oxygen atoms in total. The Labute approximate surface area is 147 Å². The Bertz CT molecular complexity index is 856. The van der Waals surface area contributed by atoms with Crippen molar-refractivity contribution in [2.24, 2.45) is 0 Å². The molecule has 0 radical (unpaired) electrons. The fraction of sp³-hybridized carbons (Fsp3) is 0.400. The van der Waals surface area contributed by atoms with Crippen LogP contribution in [0, 0.1) is 20.8 Å². The van der Waals surface area contributed by atoms with Crippen LogP contribution in [-0.2, 0) is 4.74 Å². The SMILES string of the molecule is Cc1ccc(C)c([C@H]2CN(C(=O)c3ccc(C)[nH]c3=O)[C@H](C)CO2)c1. The number of ether oxygens (including phenoxy) is 1. The van der Waals surface area contributed by atoms with Gasteiger partial charge in [-0.1, -0.05) is 23.8 Å². The minimum atomic E-state index is -0.341. The van der Waals surface area contributed by atoms with Crippen molar-refractivity contribution in [3.05, 3.63) is 68.6 Å². The number of hydrogen-bond donors (Lipinski definition) is 1. The number of carbonyl (C=O) groups excluding carboxylic acids is 1. The Morgan fingerprint density at radius 3 is 2.68 bits per heavy atom. The summed E-state index contributed by atoms with van der Waals surface area (Å²) in [4.78, 5) is 29.5. The molecule has 1 aliphatic rings. The molecule has 1 aliphatic heterocycles. The molecule has 2 aromatic rings. The van der Waals surface area contributed by atoms with Crippen LogP contribution in [0.5, 0.6) is 0 Å². The van der Waals surface area contributed by atoms with E-state index in [0.717, 1.165) is 22.4 Å². The highest BCUT2D eigenvalue weighted by atomic mass is 16.5. The number of H-pyrrole nitrogens is 1. The fourth-order valence-electron chi connectivity index (χ4n) is 3.23. The van der Waals surface area contributed by atoms with E-state index in [9.17, 15) is 9.59 Å². The van der Waals surface area contributed by atoms with Gasteiger partial charge >= 0.3 is 0 Å². The standard InChI is InChI=1S/C20H24N2O3/c1-12-5-6-13(2)17(9-12)18-10-22(15(4)11-25-18)20(24)16-8-7-14(3)21-19(16)23/h5-9,15,18H,10-11H2,1-4H3,(H,21,23)/t15-,18-/m1/s1. The van der Waals surface area contributed by atoms with Crippen molar-refractivity contribution < 1.29 is 9.53 Å². The monoisotopic (exact) mass is 340 g/mol. The summed E-state index contributed by atoms with van der Waals surface area (Å²) in [6.45, 7) is 8.73. The van der Waals surface area contributed by atoms with Crippen molar-refractivity contribution in [3.63, 3.8) is 0 Å². The molecule has 0 saturated carbocycles. The number of pyridine rings is 1. The summed E-state index contributed by atoms with van der Waals surface area (Å²) in [6, 6.07) is 9.53. The molecule has 1 aromatic heterocycles. The molecule has 5 heteroatoms. The number of carbonyl (C=O) groups is 1. The molecule has 1 saturated heterocycles. The van der Waals surface area contributed by atoms with E-state index in [2.05, 4.69) is 23.2 Å². The summed E-state index contributed by atoms with van der Waals surface area (Å²) in [5.74, 6) is -0.243. The maximum absolute atomic E-state index is 12.9. The Balaban J connectivity index is 1.89. The number of benzene rings is 1. The van der Waals surface area contributed by atoms with Crippen LogP contribution in [-0.4, -0.2) is 35.0 Å².